The number of rotatable bonds is 6. The smallest absolute Gasteiger partial charge is 0.239 e. The summed E-state index contributed by atoms with van der Waals surface area (Å²) in [6.07, 6.45) is 2.90. The molecule has 156 valence electrons. The summed E-state index contributed by atoms with van der Waals surface area (Å²) in [6.45, 7) is 0.767. The lowest BCUT2D eigenvalue weighted by molar-refractivity contribution is -0.132. The van der Waals surface area contributed by atoms with Crippen molar-refractivity contribution in [2.45, 2.75) is 12.8 Å². The number of fused-ring (bicyclic) bond motifs is 1. The van der Waals surface area contributed by atoms with Gasteiger partial charge in [0.25, 0.3) is 0 Å². The lowest BCUT2D eigenvalue weighted by atomic mass is 10.1. The Balaban J connectivity index is 1.36. The second-order valence-electron chi connectivity index (χ2n) is 7.19. The van der Waals surface area contributed by atoms with E-state index in [1.165, 1.54) is 24.1 Å². The van der Waals surface area contributed by atoms with Crippen LogP contribution in [0.4, 0.5) is 10.1 Å². The molecule has 2 heterocycles. The Labute approximate surface area is 178 Å². The first-order valence-electron chi connectivity index (χ1n) is 9.66. The Kier molecular flexibility index (Phi) is 5.63. The lowest BCUT2D eigenvalue weighted by Crippen LogP contribution is -2.37. The molecular weight excluding hydrogens is 409 g/mol. The van der Waals surface area contributed by atoms with E-state index in [4.69, 9.17) is 16.3 Å². The molecule has 1 unspecified atom stereocenters. The number of benzene rings is 2. The number of nitrogens with one attached hydrogen (secondary N) is 2. The number of halogens is 2. The van der Waals surface area contributed by atoms with E-state index in [1.54, 1.807) is 6.07 Å². The summed E-state index contributed by atoms with van der Waals surface area (Å²) in [6, 6.07) is 9.95. The highest BCUT2D eigenvalue weighted by Crippen LogP contribution is 2.29. The number of hydrogen-bond donors (Lipinski definition) is 2. The maximum absolute atomic E-state index is 14.0. The van der Waals surface area contributed by atoms with Crippen LogP contribution in [-0.2, 0) is 16.0 Å². The van der Waals surface area contributed by atoms with E-state index in [0.717, 1.165) is 16.5 Å². The van der Waals surface area contributed by atoms with Gasteiger partial charge in [-0.05, 0) is 48.7 Å². The van der Waals surface area contributed by atoms with Crippen molar-refractivity contribution in [2.24, 2.45) is 5.92 Å². The van der Waals surface area contributed by atoms with Crippen molar-refractivity contribution in [3.63, 3.8) is 0 Å². The number of nitrogens with zero attached hydrogens (tertiary/aromatic N) is 1. The van der Waals surface area contributed by atoms with Crippen molar-refractivity contribution < 1.29 is 18.7 Å². The fraction of sp³-hybridized carbons (Fsp3) is 0.273. The van der Waals surface area contributed by atoms with Crippen molar-refractivity contribution >= 4 is 40.0 Å². The maximum Gasteiger partial charge on any atom is 0.239 e. The number of aromatic nitrogens is 1. The fourth-order valence-electron chi connectivity index (χ4n) is 3.80. The number of anilines is 1. The minimum atomic E-state index is -0.771. The zero-order valence-corrected chi connectivity index (χ0v) is 17.1. The van der Waals surface area contributed by atoms with Crippen molar-refractivity contribution in [3.05, 3.63) is 59.0 Å². The predicted molar refractivity (Wildman–Crippen MR) is 113 cm³/mol. The molecule has 1 atom stereocenters. The highest BCUT2D eigenvalue weighted by Gasteiger charge is 2.37. The predicted octanol–water partition coefficient (Wildman–Crippen LogP) is 3.68. The van der Waals surface area contributed by atoms with Crippen LogP contribution in [0.25, 0.3) is 10.9 Å². The van der Waals surface area contributed by atoms with Crippen LogP contribution in [0.1, 0.15) is 12.0 Å². The zero-order valence-electron chi connectivity index (χ0n) is 16.4. The van der Waals surface area contributed by atoms with Crippen LogP contribution in [0.2, 0.25) is 5.02 Å². The van der Waals surface area contributed by atoms with Crippen molar-refractivity contribution in [1.82, 2.24) is 10.3 Å². The van der Waals surface area contributed by atoms with Gasteiger partial charge in [-0.15, -0.1) is 0 Å². The molecule has 1 fully saturated rings. The number of carbonyl (C=O) groups is 2. The lowest BCUT2D eigenvalue weighted by Gasteiger charge is -2.17. The number of carbonyl (C=O) groups excluding carboxylic acids is 2. The van der Waals surface area contributed by atoms with Crippen LogP contribution in [0, 0.1) is 11.7 Å². The van der Waals surface area contributed by atoms with Gasteiger partial charge in [0.2, 0.25) is 11.8 Å². The highest BCUT2D eigenvalue weighted by atomic mass is 35.5. The topological polar surface area (TPSA) is 74.4 Å². The number of ether oxygens (including phenoxy) is 1. The van der Waals surface area contributed by atoms with Crippen LogP contribution >= 0.6 is 11.6 Å². The first-order chi connectivity index (χ1) is 14.5. The minimum Gasteiger partial charge on any atom is -0.494 e. The van der Waals surface area contributed by atoms with Gasteiger partial charge in [0.15, 0.2) is 11.6 Å². The summed E-state index contributed by atoms with van der Waals surface area (Å²) in [7, 11) is 1.38. The van der Waals surface area contributed by atoms with E-state index in [0.29, 0.717) is 36.6 Å². The molecule has 0 aliphatic carbocycles. The monoisotopic (exact) mass is 429 g/mol. The average molecular weight is 430 g/mol. The standard InChI is InChI=1S/C22H21ClFN3O3/c1-30-20-5-3-15(11-18(20)24)27-9-7-16(22(27)29)21(28)25-8-6-13-12-26-19-4-2-14(23)10-17(13)19/h2-5,10-12,16,26H,6-9H2,1H3,(H,25,28). The third-order valence-corrected chi connectivity index (χ3v) is 5.63. The molecule has 6 nitrogen and oxygen atoms in total. The molecule has 3 aromatic rings. The van der Waals surface area contributed by atoms with Gasteiger partial charge >= 0.3 is 0 Å². The molecule has 0 bridgehead atoms. The molecule has 2 amide bonds. The Hall–Kier alpha value is -3.06. The van der Waals surface area contributed by atoms with Crippen LogP contribution in [0.5, 0.6) is 5.75 Å². The van der Waals surface area contributed by atoms with Gasteiger partial charge in [-0.1, -0.05) is 11.6 Å². The molecule has 0 radical (unpaired) electrons. The Bertz CT molecular complexity index is 1110. The Morgan fingerprint density at radius 3 is 2.93 bits per heavy atom. The second-order valence-corrected chi connectivity index (χ2v) is 7.63. The summed E-state index contributed by atoms with van der Waals surface area (Å²) in [5.41, 5.74) is 2.44. The van der Waals surface area contributed by atoms with Gasteiger partial charge in [0.1, 0.15) is 5.92 Å². The fourth-order valence-corrected chi connectivity index (χ4v) is 3.98. The van der Waals surface area contributed by atoms with E-state index in [1.807, 2.05) is 24.4 Å². The Morgan fingerprint density at radius 2 is 2.17 bits per heavy atom. The first kappa shape index (κ1) is 20.2. The highest BCUT2D eigenvalue weighted by molar-refractivity contribution is 6.31. The van der Waals surface area contributed by atoms with E-state index in [-0.39, 0.29) is 17.6 Å². The van der Waals surface area contributed by atoms with Crippen molar-refractivity contribution in [2.75, 3.05) is 25.1 Å². The van der Waals surface area contributed by atoms with E-state index in [2.05, 4.69) is 10.3 Å². The van der Waals surface area contributed by atoms with Gasteiger partial charge in [-0.3, -0.25) is 9.59 Å². The second kappa shape index (κ2) is 8.36. The summed E-state index contributed by atoms with van der Waals surface area (Å²) in [4.78, 5) is 29.9. The number of H-pyrrole nitrogens is 1. The molecular formula is C22H21ClFN3O3. The molecule has 1 aromatic heterocycles. The minimum absolute atomic E-state index is 0.109. The number of hydrogen-bond acceptors (Lipinski definition) is 3. The van der Waals surface area contributed by atoms with Crippen LogP contribution in [-0.4, -0.2) is 37.0 Å². The SMILES string of the molecule is COc1ccc(N2CCC(C(=O)NCCc3c[nH]c4ccc(Cl)cc34)C2=O)cc1F. The van der Waals surface area contributed by atoms with E-state index in [9.17, 15) is 14.0 Å². The summed E-state index contributed by atoms with van der Waals surface area (Å²) < 4.78 is 18.9. The van der Waals surface area contributed by atoms with Gasteiger partial charge in [-0.2, -0.15) is 0 Å². The molecule has 2 N–H and O–H groups in total. The van der Waals surface area contributed by atoms with Crippen molar-refractivity contribution in [3.8, 4) is 5.75 Å². The number of aromatic amines is 1. The summed E-state index contributed by atoms with van der Waals surface area (Å²) in [5, 5.41) is 4.51. The van der Waals surface area contributed by atoms with Gasteiger partial charge in [-0.25, -0.2) is 4.39 Å². The van der Waals surface area contributed by atoms with Gasteiger partial charge in [0, 0.05) is 47.0 Å². The normalized spacial score (nSPS) is 16.3. The quantitative estimate of drug-likeness (QED) is 0.587. The molecule has 8 heteroatoms. The molecule has 2 aromatic carbocycles. The van der Waals surface area contributed by atoms with Crippen LogP contribution in [0.3, 0.4) is 0 Å². The molecule has 30 heavy (non-hydrogen) atoms. The summed E-state index contributed by atoms with van der Waals surface area (Å²) >= 11 is 6.07. The number of methoxy groups -OCH3 is 1. The van der Waals surface area contributed by atoms with E-state index < -0.39 is 11.7 Å². The molecule has 4 rings (SSSR count). The Morgan fingerprint density at radius 1 is 1.33 bits per heavy atom. The van der Waals surface area contributed by atoms with Crippen LogP contribution in [0.15, 0.2) is 42.6 Å². The van der Waals surface area contributed by atoms with E-state index >= 15 is 0 Å². The third-order valence-electron chi connectivity index (χ3n) is 5.39. The number of amides is 2. The van der Waals surface area contributed by atoms with Crippen LogP contribution < -0.4 is 15.0 Å². The average Bonchev–Trinajstić information content (AvgIpc) is 3.31. The van der Waals surface area contributed by atoms with Gasteiger partial charge in [0.05, 0.1) is 7.11 Å². The molecule has 1 aliphatic rings. The summed E-state index contributed by atoms with van der Waals surface area (Å²) in [5.74, 6) is -1.84. The first-order valence-corrected chi connectivity index (χ1v) is 10.0. The zero-order chi connectivity index (χ0) is 21.3. The molecule has 1 saturated heterocycles. The molecule has 1 aliphatic heterocycles. The third kappa shape index (κ3) is 3.85. The molecule has 0 saturated carbocycles. The largest absolute Gasteiger partial charge is 0.494 e. The van der Waals surface area contributed by atoms with Crippen molar-refractivity contribution in [1.29, 1.82) is 0 Å². The maximum atomic E-state index is 14.0. The van der Waals surface area contributed by atoms with Gasteiger partial charge < -0.3 is 19.9 Å². The molecule has 0 spiro atoms.